The minimum atomic E-state index is -0.0150. The summed E-state index contributed by atoms with van der Waals surface area (Å²) in [5, 5.41) is 0. The molecule has 26 heavy (non-hydrogen) atoms. The third-order valence-corrected chi connectivity index (χ3v) is 6.35. The Kier molecular flexibility index (Phi) is 4.54. The molecular formula is C20H23N3O2S. The number of carbonyl (C=O) groups is 2. The van der Waals surface area contributed by atoms with Crippen LogP contribution < -0.4 is 0 Å². The molecule has 2 aliphatic rings. The summed E-state index contributed by atoms with van der Waals surface area (Å²) in [7, 11) is 3.50. The lowest BCUT2D eigenvalue weighted by Gasteiger charge is -2.34. The molecule has 2 saturated heterocycles. The van der Waals surface area contributed by atoms with Gasteiger partial charge in [0.2, 0.25) is 0 Å². The highest BCUT2D eigenvalue weighted by Gasteiger charge is 2.35. The van der Waals surface area contributed by atoms with Crippen molar-refractivity contribution >= 4 is 23.2 Å². The van der Waals surface area contributed by atoms with Gasteiger partial charge in [-0.25, -0.2) is 0 Å². The van der Waals surface area contributed by atoms with Gasteiger partial charge in [-0.05, 0) is 36.2 Å². The minimum Gasteiger partial charge on any atom is -0.345 e. The summed E-state index contributed by atoms with van der Waals surface area (Å²) in [4.78, 5) is 33.0. The van der Waals surface area contributed by atoms with Gasteiger partial charge in [0, 0.05) is 56.8 Å². The molecule has 2 aromatic rings. The van der Waals surface area contributed by atoms with Crippen molar-refractivity contribution in [2.24, 2.45) is 0 Å². The monoisotopic (exact) mass is 369 g/mol. The molecule has 0 spiro atoms. The number of hydrogen-bond donors (Lipinski definition) is 0. The lowest BCUT2D eigenvalue weighted by Crippen LogP contribution is -2.49. The van der Waals surface area contributed by atoms with Crippen LogP contribution in [0.4, 0.5) is 0 Å². The number of amides is 2. The van der Waals surface area contributed by atoms with Gasteiger partial charge >= 0.3 is 0 Å². The highest BCUT2D eigenvalue weighted by molar-refractivity contribution is 7.17. The van der Waals surface area contributed by atoms with E-state index in [2.05, 4.69) is 4.90 Å². The molecule has 0 aliphatic carbocycles. The Bertz CT molecular complexity index is 845. The molecule has 1 aromatic carbocycles. The number of carbonyl (C=O) groups excluding carboxylic acids is 2. The van der Waals surface area contributed by atoms with Crippen LogP contribution >= 0.6 is 11.3 Å². The SMILES string of the molecule is CN(C)C(=O)c1cccc(-c2ccc(C(=O)N3CCN4CC[C@@H]3C4)s2)c1. The summed E-state index contributed by atoms with van der Waals surface area (Å²) in [6.45, 7) is 3.92. The van der Waals surface area contributed by atoms with E-state index < -0.39 is 0 Å². The standard InChI is InChI=1S/C20H23N3O2S/c1-21(2)19(24)15-5-3-4-14(12-15)17-6-7-18(26-17)20(25)23-11-10-22-9-8-16(23)13-22/h3-7,12,16H,8-11,13H2,1-2H3/t16-/m1/s1. The van der Waals surface area contributed by atoms with Crippen molar-refractivity contribution in [1.82, 2.24) is 14.7 Å². The van der Waals surface area contributed by atoms with Crippen molar-refractivity contribution in [2.75, 3.05) is 40.3 Å². The van der Waals surface area contributed by atoms with E-state index in [0.717, 1.165) is 47.9 Å². The predicted molar refractivity (Wildman–Crippen MR) is 104 cm³/mol. The topological polar surface area (TPSA) is 43.9 Å². The molecule has 4 rings (SSSR count). The van der Waals surface area contributed by atoms with Gasteiger partial charge in [0.05, 0.1) is 4.88 Å². The average molecular weight is 369 g/mol. The van der Waals surface area contributed by atoms with E-state index in [1.54, 1.807) is 19.0 Å². The van der Waals surface area contributed by atoms with Crippen molar-refractivity contribution in [2.45, 2.75) is 12.5 Å². The molecule has 136 valence electrons. The van der Waals surface area contributed by atoms with Gasteiger partial charge in [-0.15, -0.1) is 11.3 Å². The van der Waals surface area contributed by atoms with E-state index in [9.17, 15) is 9.59 Å². The first-order valence-electron chi connectivity index (χ1n) is 8.98. The largest absolute Gasteiger partial charge is 0.345 e. The lowest BCUT2D eigenvalue weighted by atomic mass is 10.1. The summed E-state index contributed by atoms with van der Waals surface area (Å²) in [5.74, 6) is 0.132. The molecule has 3 heterocycles. The van der Waals surface area contributed by atoms with Crippen LogP contribution in [0.15, 0.2) is 36.4 Å². The Labute approximate surface area is 157 Å². The van der Waals surface area contributed by atoms with E-state index in [1.807, 2.05) is 41.3 Å². The molecule has 0 saturated carbocycles. The number of nitrogens with zero attached hydrogens (tertiary/aromatic N) is 3. The lowest BCUT2D eigenvalue weighted by molar-refractivity contribution is 0.0614. The van der Waals surface area contributed by atoms with E-state index in [-0.39, 0.29) is 11.8 Å². The van der Waals surface area contributed by atoms with Gasteiger partial charge in [-0.2, -0.15) is 0 Å². The van der Waals surface area contributed by atoms with Crippen molar-refractivity contribution in [1.29, 1.82) is 0 Å². The smallest absolute Gasteiger partial charge is 0.264 e. The molecule has 2 aliphatic heterocycles. The Morgan fingerprint density at radius 2 is 1.96 bits per heavy atom. The van der Waals surface area contributed by atoms with E-state index in [4.69, 9.17) is 0 Å². The van der Waals surface area contributed by atoms with E-state index in [0.29, 0.717) is 11.6 Å². The molecular weight excluding hydrogens is 346 g/mol. The van der Waals surface area contributed by atoms with Crippen LogP contribution in [0.1, 0.15) is 26.5 Å². The molecule has 2 atom stereocenters. The highest BCUT2D eigenvalue weighted by atomic mass is 32.1. The normalized spacial score (nSPS) is 21.7. The van der Waals surface area contributed by atoms with Crippen LogP contribution in [0.3, 0.4) is 0 Å². The highest BCUT2D eigenvalue weighted by Crippen LogP contribution is 2.31. The number of benzene rings is 1. The second kappa shape index (κ2) is 6.85. The number of fused-ring (bicyclic) bond motifs is 2. The number of piperazine rings is 1. The molecule has 2 fully saturated rings. The van der Waals surface area contributed by atoms with Gasteiger partial charge in [-0.1, -0.05) is 12.1 Å². The molecule has 0 radical (unpaired) electrons. The second-order valence-corrected chi connectivity index (χ2v) is 8.27. The van der Waals surface area contributed by atoms with Crippen LogP contribution in [0.5, 0.6) is 0 Å². The predicted octanol–water partition coefficient (Wildman–Crippen LogP) is 2.65. The van der Waals surface area contributed by atoms with Gasteiger partial charge in [0.15, 0.2) is 0 Å². The van der Waals surface area contributed by atoms with Crippen molar-refractivity contribution in [3.05, 3.63) is 46.8 Å². The number of thiophene rings is 1. The molecule has 0 N–H and O–H groups in total. The zero-order chi connectivity index (χ0) is 18.3. The summed E-state index contributed by atoms with van der Waals surface area (Å²) >= 11 is 1.51. The maximum atomic E-state index is 13.0. The van der Waals surface area contributed by atoms with Crippen LogP contribution in [0.2, 0.25) is 0 Å². The van der Waals surface area contributed by atoms with Gasteiger partial charge in [-0.3, -0.25) is 14.5 Å². The summed E-state index contributed by atoms with van der Waals surface area (Å²) in [6, 6.07) is 11.9. The van der Waals surface area contributed by atoms with Gasteiger partial charge < -0.3 is 9.80 Å². The molecule has 1 aromatic heterocycles. The quantitative estimate of drug-likeness (QED) is 0.835. The first-order chi connectivity index (χ1) is 12.5. The minimum absolute atomic E-state index is 0.0150. The second-order valence-electron chi connectivity index (χ2n) is 7.19. The van der Waals surface area contributed by atoms with Crippen LogP contribution in [0, 0.1) is 0 Å². The van der Waals surface area contributed by atoms with Crippen molar-refractivity contribution < 1.29 is 9.59 Å². The summed E-state index contributed by atoms with van der Waals surface area (Å²) in [5.41, 5.74) is 1.64. The van der Waals surface area contributed by atoms with Crippen LogP contribution in [-0.4, -0.2) is 72.8 Å². The fourth-order valence-corrected chi connectivity index (χ4v) is 4.74. The zero-order valence-corrected chi connectivity index (χ0v) is 16.0. The zero-order valence-electron chi connectivity index (χ0n) is 15.1. The molecule has 2 amide bonds. The number of rotatable bonds is 3. The number of hydrogen-bond acceptors (Lipinski definition) is 4. The Morgan fingerprint density at radius 1 is 1.12 bits per heavy atom. The Hall–Kier alpha value is -2.18. The first kappa shape index (κ1) is 17.2. The fraction of sp³-hybridized carbons (Fsp3) is 0.400. The first-order valence-corrected chi connectivity index (χ1v) is 9.80. The maximum absolute atomic E-state index is 13.0. The maximum Gasteiger partial charge on any atom is 0.264 e. The third-order valence-electron chi connectivity index (χ3n) is 5.22. The van der Waals surface area contributed by atoms with Crippen molar-refractivity contribution in [3.63, 3.8) is 0 Å². The van der Waals surface area contributed by atoms with E-state index >= 15 is 0 Å². The Balaban J connectivity index is 1.55. The Morgan fingerprint density at radius 3 is 2.77 bits per heavy atom. The molecule has 6 heteroatoms. The summed E-state index contributed by atoms with van der Waals surface area (Å²) in [6.07, 6.45) is 1.08. The summed E-state index contributed by atoms with van der Waals surface area (Å²) < 4.78 is 0. The van der Waals surface area contributed by atoms with Gasteiger partial charge in [0.1, 0.15) is 0 Å². The molecule has 2 bridgehead atoms. The van der Waals surface area contributed by atoms with E-state index in [1.165, 1.54) is 11.3 Å². The van der Waals surface area contributed by atoms with Gasteiger partial charge in [0.25, 0.3) is 11.8 Å². The van der Waals surface area contributed by atoms with Crippen molar-refractivity contribution in [3.8, 4) is 10.4 Å². The van der Waals surface area contributed by atoms with Crippen LogP contribution in [0.25, 0.3) is 10.4 Å². The molecule has 5 nitrogen and oxygen atoms in total. The van der Waals surface area contributed by atoms with Crippen LogP contribution in [-0.2, 0) is 0 Å². The fourth-order valence-electron chi connectivity index (χ4n) is 3.78. The average Bonchev–Trinajstić information content (AvgIpc) is 3.28. The molecule has 1 unspecified atom stereocenters. The third kappa shape index (κ3) is 3.15.